The third-order valence-electron chi connectivity index (χ3n) is 3.15. The van der Waals surface area contributed by atoms with Gasteiger partial charge in [-0.3, -0.25) is 0 Å². The zero-order chi connectivity index (χ0) is 8.77. The van der Waals surface area contributed by atoms with Gasteiger partial charge in [-0.1, -0.05) is 12.2 Å². The van der Waals surface area contributed by atoms with E-state index in [2.05, 4.69) is 26.0 Å². The smallest absolute Gasteiger partial charge is 0.0821 e. The molecule has 2 aliphatic rings. The third-order valence-corrected chi connectivity index (χ3v) is 3.15. The van der Waals surface area contributed by atoms with Crippen molar-refractivity contribution in [2.75, 3.05) is 7.11 Å². The van der Waals surface area contributed by atoms with Gasteiger partial charge in [-0.05, 0) is 20.3 Å². The van der Waals surface area contributed by atoms with Gasteiger partial charge in [0.15, 0.2) is 0 Å². The molecule has 0 aliphatic carbocycles. The summed E-state index contributed by atoms with van der Waals surface area (Å²) in [4.78, 5) is 0. The average Bonchev–Trinajstić information content (AvgIpc) is 2.64. The molecule has 3 unspecified atom stereocenters. The van der Waals surface area contributed by atoms with Gasteiger partial charge in [-0.15, -0.1) is 0 Å². The molecule has 0 N–H and O–H groups in total. The lowest BCUT2D eigenvalue weighted by atomic mass is 9.81. The van der Waals surface area contributed by atoms with Gasteiger partial charge in [-0.2, -0.15) is 0 Å². The second-order valence-corrected chi connectivity index (χ2v) is 4.17. The fourth-order valence-corrected chi connectivity index (χ4v) is 2.10. The number of methoxy groups -OCH3 is 1. The van der Waals surface area contributed by atoms with Crippen LogP contribution in [0.3, 0.4) is 0 Å². The maximum atomic E-state index is 5.68. The van der Waals surface area contributed by atoms with E-state index in [0.29, 0.717) is 18.1 Å². The highest BCUT2D eigenvalue weighted by Gasteiger charge is 2.45. The van der Waals surface area contributed by atoms with Gasteiger partial charge < -0.3 is 9.47 Å². The summed E-state index contributed by atoms with van der Waals surface area (Å²) in [6.45, 7) is 4.27. The molecule has 0 spiro atoms. The molecule has 0 amide bonds. The fourth-order valence-electron chi connectivity index (χ4n) is 2.10. The number of ether oxygens (including phenoxy) is 2. The van der Waals surface area contributed by atoms with E-state index in [1.54, 1.807) is 7.11 Å². The largest absolute Gasteiger partial charge is 0.378 e. The predicted octanol–water partition coefficient (Wildman–Crippen LogP) is 1.75. The maximum Gasteiger partial charge on any atom is 0.0821 e. The molecule has 12 heavy (non-hydrogen) atoms. The minimum absolute atomic E-state index is 0.0514. The normalized spacial score (nSPS) is 39.4. The van der Waals surface area contributed by atoms with Crippen molar-refractivity contribution >= 4 is 0 Å². The predicted molar refractivity (Wildman–Crippen MR) is 47.0 cm³/mol. The molecule has 1 saturated heterocycles. The Labute approximate surface area is 73.5 Å². The highest BCUT2D eigenvalue weighted by Crippen LogP contribution is 2.40. The van der Waals surface area contributed by atoms with Crippen LogP contribution >= 0.6 is 0 Å². The van der Waals surface area contributed by atoms with Crippen LogP contribution in [0.25, 0.3) is 0 Å². The summed E-state index contributed by atoms with van der Waals surface area (Å²) >= 11 is 0. The highest BCUT2D eigenvalue weighted by atomic mass is 16.5. The molecule has 1 fully saturated rings. The number of hydrogen-bond donors (Lipinski definition) is 0. The van der Waals surface area contributed by atoms with E-state index in [-0.39, 0.29) is 5.60 Å². The molecule has 2 aliphatic heterocycles. The van der Waals surface area contributed by atoms with Crippen LogP contribution < -0.4 is 0 Å². The van der Waals surface area contributed by atoms with E-state index < -0.39 is 0 Å². The summed E-state index contributed by atoms with van der Waals surface area (Å²) < 4.78 is 11.1. The van der Waals surface area contributed by atoms with Crippen molar-refractivity contribution in [1.29, 1.82) is 0 Å². The fraction of sp³-hybridized carbons (Fsp3) is 0.800. The molecule has 0 aromatic carbocycles. The van der Waals surface area contributed by atoms with Gasteiger partial charge in [0, 0.05) is 13.0 Å². The number of rotatable bonds is 2. The molecule has 2 rings (SSSR count). The Balaban J connectivity index is 2.12. The lowest BCUT2D eigenvalue weighted by molar-refractivity contribution is -0.0432. The van der Waals surface area contributed by atoms with Crippen molar-refractivity contribution in [2.45, 2.75) is 38.1 Å². The van der Waals surface area contributed by atoms with Crippen molar-refractivity contribution in [2.24, 2.45) is 5.92 Å². The summed E-state index contributed by atoms with van der Waals surface area (Å²) in [7, 11) is 1.77. The van der Waals surface area contributed by atoms with Gasteiger partial charge in [0.1, 0.15) is 0 Å². The van der Waals surface area contributed by atoms with E-state index in [1.165, 1.54) is 0 Å². The van der Waals surface area contributed by atoms with Crippen LogP contribution in [0.15, 0.2) is 12.2 Å². The highest BCUT2D eigenvalue weighted by molar-refractivity contribution is 5.13. The summed E-state index contributed by atoms with van der Waals surface area (Å²) in [5, 5.41) is 0. The van der Waals surface area contributed by atoms with Crippen LogP contribution in [0.4, 0.5) is 0 Å². The molecule has 2 nitrogen and oxygen atoms in total. The number of fused-ring (bicyclic) bond motifs is 2. The number of hydrogen-bond acceptors (Lipinski definition) is 2. The Kier molecular flexibility index (Phi) is 1.77. The Morgan fingerprint density at radius 2 is 2.17 bits per heavy atom. The summed E-state index contributed by atoms with van der Waals surface area (Å²) in [6.07, 6.45) is 6.09. The monoisotopic (exact) mass is 168 g/mol. The van der Waals surface area contributed by atoms with Gasteiger partial charge in [0.25, 0.3) is 0 Å². The van der Waals surface area contributed by atoms with Gasteiger partial charge in [0.05, 0.1) is 17.8 Å². The van der Waals surface area contributed by atoms with Crippen molar-refractivity contribution < 1.29 is 9.47 Å². The first-order chi connectivity index (χ1) is 5.63. The molecule has 3 atom stereocenters. The van der Waals surface area contributed by atoms with Crippen LogP contribution in [0.5, 0.6) is 0 Å². The van der Waals surface area contributed by atoms with Gasteiger partial charge >= 0.3 is 0 Å². The summed E-state index contributed by atoms with van der Waals surface area (Å²) in [5.41, 5.74) is -0.0514. The maximum absolute atomic E-state index is 5.68. The minimum Gasteiger partial charge on any atom is -0.378 e. The van der Waals surface area contributed by atoms with Crippen molar-refractivity contribution in [1.82, 2.24) is 0 Å². The first-order valence-electron chi connectivity index (χ1n) is 4.52. The lowest BCUT2D eigenvalue weighted by Gasteiger charge is -2.32. The molecular weight excluding hydrogens is 152 g/mol. The molecule has 0 radical (unpaired) electrons. The summed E-state index contributed by atoms with van der Waals surface area (Å²) in [6, 6.07) is 0. The van der Waals surface area contributed by atoms with Crippen molar-refractivity contribution in [3.05, 3.63) is 12.2 Å². The third kappa shape index (κ3) is 1.10. The quantitative estimate of drug-likeness (QED) is 0.585. The van der Waals surface area contributed by atoms with Crippen LogP contribution in [-0.4, -0.2) is 24.9 Å². The van der Waals surface area contributed by atoms with Crippen molar-refractivity contribution in [3.8, 4) is 0 Å². The van der Waals surface area contributed by atoms with Crippen LogP contribution in [0, 0.1) is 5.92 Å². The average molecular weight is 168 g/mol. The Morgan fingerprint density at radius 1 is 1.42 bits per heavy atom. The molecular formula is C10H16O2. The van der Waals surface area contributed by atoms with Crippen LogP contribution in [-0.2, 0) is 9.47 Å². The second-order valence-electron chi connectivity index (χ2n) is 4.17. The molecule has 2 heterocycles. The van der Waals surface area contributed by atoms with E-state index in [9.17, 15) is 0 Å². The van der Waals surface area contributed by atoms with Gasteiger partial charge in [-0.25, -0.2) is 0 Å². The Hall–Kier alpha value is -0.340. The van der Waals surface area contributed by atoms with E-state index in [0.717, 1.165) is 6.42 Å². The Bertz CT molecular complexity index is 208. The van der Waals surface area contributed by atoms with E-state index in [4.69, 9.17) is 9.47 Å². The molecule has 2 bridgehead atoms. The van der Waals surface area contributed by atoms with E-state index in [1.807, 2.05) is 0 Å². The standard InChI is InChI=1S/C10H16O2/c1-10(2,11-3)8-6-7-4-5-9(8)12-7/h4-5,7-9H,6H2,1-3H3. The first kappa shape index (κ1) is 8.27. The zero-order valence-corrected chi connectivity index (χ0v) is 7.91. The van der Waals surface area contributed by atoms with Gasteiger partial charge in [0.2, 0.25) is 0 Å². The van der Waals surface area contributed by atoms with Crippen LogP contribution in [0.1, 0.15) is 20.3 Å². The zero-order valence-electron chi connectivity index (χ0n) is 7.91. The van der Waals surface area contributed by atoms with Crippen LogP contribution in [0.2, 0.25) is 0 Å². The summed E-state index contributed by atoms with van der Waals surface area (Å²) in [5.74, 6) is 0.525. The van der Waals surface area contributed by atoms with Crippen molar-refractivity contribution in [3.63, 3.8) is 0 Å². The molecule has 68 valence electrons. The van der Waals surface area contributed by atoms with E-state index >= 15 is 0 Å². The molecule has 0 saturated carbocycles. The molecule has 0 aromatic rings. The second kappa shape index (κ2) is 2.57. The topological polar surface area (TPSA) is 18.5 Å². The molecule has 0 aromatic heterocycles. The lowest BCUT2D eigenvalue weighted by Crippen LogP contribution is -2.38. The first-order valence-corrected chi connectivity index (χ1v) is 4.52. The molecule has 2 heteroatoms. The SMILES string of the molecule is COC(C)(C)C1CC2C=CC1O2. The minimum atomic E-state index is -0.0514. The Morgan fingerprint density at radius 3 is 2.58 bits per heavy atom.